The quantitative estimate of drug-likeness (QED) is 0.535. The highest BCUT2D eigenvalue weighted by Gasteiger charge is 2.32. The van der Waals surface area contributed by atoms with Crippen molar-refractivity contribution >= 4 is 46.5 Å². The topological polar surface area (TPSA) is 85.3 Å². The molecule has 0 atom stereocenters. The number of nitrogens with zero attached hydrogens (tertiary/aromatic N) is 2. The van der Waals surface area contributed by atoms with Crippen LogP contribution < -0.4 is 0 Å². The molecule has 1 amide bonds. The molecule has 7 nitrogen and oxygen atoms in total. The van der Waals surface area contributed by atoms with Crippen molar-refractivity contribution in [3.8, 4) is 0 Å². The zero-order valence-corrected chi connectivity index (χ0v) is 17.6. The van der Waals surface area contributed by atoms with Gasteiger partial charge in [0.2, 0.25) is 0 Å². The molecule has 0 radical (unpaired) electrons. The summed E-state index contributed by atoms with van der Waals surface area (Å²) < 4.78 is 9.38. The first kappa shape index (κ1) is 21.3. The minimum Gasteiger partial charge on any atom is -0.465 e. The molecule has 1 heterocycles. The molecule has 0 saturated carbocycles. The maximum atomic E-state index is 12.8. The fourth-order valence-electron chi connectivity index (χ4n) is 2.76. The SMILES string of the molecule is CCN1C(=O)/C(=C\c2ccc(C(=O)OC)cc2)SC1=Nc1ccc(C(=O)OC)cc1. The summed E-state index contributed by atoms with van der Waals surface area (Å²) >= 11 is 1.28. The molecule has 3 rings (SSSR count). The minimum atomic E-state index is -0.418. The van der Waals surface area contributed by atoms with Crippen molar-refractivity contribution in [2.75, 3.05) is 20.8 Å². The molecular weight excluding hydrogens is 404 g/mol. The van der Waals surface area contributed by atoms with Gasteiger partial charge in [-0.2, -0.15) is 0 Å². The number of hydrogen-bond donors (Lipinski definition) is 0. The first-order valence-electron chi connectivity index (χ1n) is 9.13. The number of benzene rings is 2. The highest BCUT2D eigenvalue weighted by molar-refractivity contribution is 8.18. The lowest BCUT2D eigenvalue weighted by atomic mass is 10.1. The fraction of sp³-hybridized carbons (Fsp3) is 0.182. The lowest BCUT2D eigenvalue weighted by Crippen LogP contribution is -2.28. The molecule has 0 aliphatic carbocycles. The summed E-state index contributed by atoms with van der Waals surface area (Å²) in [5, 5.41) is 0.561. The number of methoxy groups -OCH3 is 2. The van der Waals surface area contributed by atoms with E-state index >= 15 is 0 Å². The number of likely N-dealkylation sites (N-methyl/N-ethyl adjacent to an activating group) is 1. The third-order valence-corrected chi connectivity index (χ3v) is 5.35. The number of ether oxygens (including phenoxy) is 2. The van der Waals surface area contributed by atoms with Crippen LogP contribution in [0, 0.1) is 0 Å². The molecule has 1 fully saturated rings. The summed E-state index contributed by atoms with van der Waals surface area (Å²) in [4.78, 5) is 42.6. The van der Waals surface area contributed by atoms with Gasteiger partial charge >= 0.3 is 11.9 Å². The summed E-state index contributed by atoms with van der Waals surface area (Å²) in [6.45, 7) is 2.35. The standard InChI is InChI=1S/C22H20N2O5S/c1-4-24-19(25)18(13-14-5-7-15(8-6-14)20(26)28-2)30-22(24)23-17-11-9-16(10-12-17)21(27)29-3/h5-13H,4H2,1-3H3/b18-13+,23-22?. The van der Waals surface area contributed by atoms with Crippen molar-refractivity contribution in [1.29, 1.82) is 0 Å². The van der Waals surface area contributed by atoms with Crippen LogP contribution in [0.2, 0.25) is 0 Å². The van der Waals surface area contributed by atoms with Crippen LogP contribution in [0.15, 0.2) is 58.4 Å². The average Bonchev–Trinajstić information content (AvgIpc) is 3.07. The molecular formula is C22H20N2O5S. The van der Waals surface area contributed by atoms with Gasteiger partial charge in [0, 0.05) is 6.54 Å². The largest absolute Gasteiger partial charge is 0.465 e. The van der Waals surface area contributed by atoms with Gasteiger partial charge in [-0.15, -0.1) is 0 Å². The number of amides is 1. The van der Waals surface area contributed by atoms with E-state index < -0.39 is 11.9 Å². The first-order chi connectivity index (χ1) is 14.5. The Morgan fingerprint density at radius 1 is 0.967 bits per heavy atom. The predicted octanol–water partition coefficient (Wildman–Crippen LogP) is 3.88. The second-order valence-electron chi connectivity index (χ2n) is 6.21. The highest BCUT2D eigenvalue weighted by atomic mass is 32.2. The van der Waals surface area contributed by atoms with E-state index in [0.29, 0.717) is 33.4 Å². The van der Waals surface area contributed by atoms with Gasteiger partial charge in [0.15, 0.2) is 5.17 Å². The zero-order chi connectivity index (χ0) is 21.7. The van der Waals surface area contributed by atoms with Crippen molar-refractivity contribution in [2.24, 2.45) is 4.99 Å². The third-order valence-electron chi connectivity index (χ3n) is 4.35. The molecule has 1 aliphatic heterocycles. The van der Waals surface area contributed by atoms with Crippen LogP contribution in [0.4, 0.5) is 5.69 Å². The molecule has 30 heavy (non-hydrogen) atoms. The van der Waals surface area contributed by atoms with Gasteiger partial charge in [-0.25, -0.2) is 14.6 Å². The van der Waals surface area contributed by atoms with E-state index in [1.807, 2.05) is 6.92 Å². The summed E-state index contributed by atoms with van der Waals surface area (Å²) in [6, 6.07) is 13.5. The van der Waals surface area contributed by atoms with Crippen molar-refractivity contribution in [2.45, 2.75) is 6.92 Å². The summed E-state index contributed by atoms with van der Waals surface area (Å²) in [7, 11) is 2.66. The van der Waals surface area contributed by atoms with Gasteiger partial charge in [0.1, 0.15) is 0 Å². The molecule has 0 N–H and O–H groups in total. The molecule has 1 aliphatic rings. The van der Waals surface area contributed by atoms with E-state index in [2.05, 4.69) is 4.99 Å². The molecule has 0 spiro atoms. The van der Waals surface area contributed by atoms with E-state index in [1.54, 1.807) is 59.5 Å². The number of aliphatic imine (C=N–C) groups is 1. The van der Waals surface area contributed by atoms with Crippen LogP contribution in [0.5, 0.6) is 0 Å². The average molecular weight is 424 g/mol. The Balaban J connectivity index is 1.84. The van der Waals surface area contributed by atoms with Crippen LogP contribution >= 0.6 is 11.8 Å². The Labute approximate surface area is 178 Å². The lowest BCUT2D eigenvalue weighted by molar-refractivity contribution is -0.122. The number of carbonyl (C=O) groups excluding carboxylic acids is 3. The minimum absolute atomic E-state index is 0.135. The molecule has 2 aromatic rings. The van der Waals surface area contributed by atoms with Crippen molar-refractivity contribution in [3.05, 3.63) is 70.1 Å². The monoisotopic (exact) mass is 424 g/mol. The number of rotatable bonds is 5. The van der Waals surface area contributed by atoms with Gasteiger partial charge in [0.05, 0.1) is 35.9 Å². The molecule has 0 bridgehead atoms. The summed E-state index contributed by atoms with van der Waals surface area (Å²) in [5.41, 5.74) is 2.29. The van der Waals surface area contributed by atoms with Crippen LogP contribution in [0.3, 0.4) is 0 Å². The van der Waals surface area contributed by atoms with Gasteiger partial charge in [-0.1, -0.05) is 12.1 Å². The molecule has 0 unspecified atom stereocenters. The van der Waals surface area contributed by atoms with E-state index in [1.165, 1.54) is 26.0 Å². The van der Waals surface area contributed by atoms with E-state index in [-0.39, 0.29) is 5.91 Å². The molecule has 1 saturated heterocycles. The highest BCUT2D eigenvalue weighted by Crippen LogP contribution is 2.34. The number of amidine groups is 1. The van der Waals surface area contributed by atoms with Gasteiger partial charge < -0.3 is 9.47 Å². The predicted molar refractivity (Wildman–Crippen MR) is 116 cm³/mol. The second-order valence-corrected chi connectivity index (χ2v) is 7.22. The van der Waals surface area contributed by atoms with E-state index in [4.69, 9.17) is 9.47 Å². The van der Waals surface area contributed by atoms with Crippen molar-refractivity contribution in [1.82, 2.24) is 4.90 Å². The Bertz CT molecular complexity index is 1030. The Hall–Kier alpha value is -3.39. The van der Waals surface area contributed by atoms with E-state index in [0.717, 1.165) is 5.56 Å². The molecule has 8 heteroatoms. The van der Waals surface area contributed by atoms with Gasteiger partial charge in [-0.3, -0.25) is 9.69 Å². The fourth-order valence-corrected chi connectivity index (χ4v) is 3.82. The van der Waals surface area contributed by atoms with Crippen LogP contribution in [0.25, 0.3) is 6.08 Å². The zero-order valence-electron chi connectivity index (χ0n) is 16.7. The van der Waals surface area contributed by atoms with Crippen LogP contribution in [-0.2, 0) is 14.3 Å². The molecule has 2 aromatic carbocycles. The third kappa shape index (κ3) is 4.60. The molecule has 154 valence electrons. The maximum Gasteiger partial charge on any atom is 0.337 e. The van der Waals surface area contributed by atoms with E-state index in [9.17, 15) is 14.4 Å². The number of carbonyl (C=O) groups is 3. The van der Waals surface area contributed by atoms with Gasteiger partial charge in [0.25, 0.3) is 5.91 Å². The van der Waals surface area contributed by atoms with Crippen molar-refractivity contribution in [3.63, 3.8) is 0 Å². The number of thioether (sulfide) groups is 1. The lowest BCUT2D eigenvalue weighted by Gasteiger charge is -2.12. The van der Waals surface area contributed by atoms with Crippen LogP contribution in [-0.4, -0.2) is 48.7 Å². The Morgan fingerprint density at radius 3 is 2.00 bits per heavy atom. The number of esters is 2. The normalized spacial score (nSPS) is 16.2. The summed E-state index contributed by atoms with van der Waals surface area (Å²) in [6.07, 6.45) is 1.76. The van der Waals surface area contributed by atoms with Gasteiger partial charge in [-0.05, 0) is 66.7 Å². The smallest absolute Gasteiger partial charge is 0.337 e. The molecule has 0 aromatic heterocycles. The maximum absolute atomic E-state index is 12.8. The van der Waals surface area contributed by atoms with Crippen molar-refractivity contribution < 1.29 is 23.9 Å². The Morgan fingerprint density at radius 2 is 1.50 bits per heavy atom. The first-order valence-corrected chi connectivity index (χ1v) is 9.95. The Kier molecular flexibility index (Phi) is 6.68. The number of hydrogen-bond acceptors (Lipinski definition) is 7. The van der Waals surface area contributed by atoms with Crippen LogP contribution in [0.1, 0.15) is 33.2 Å². The summed E-state index contributed by atoms with van der Waals surface area (Å²) in [5.74, 6) is -0.965. The second kappa shape index (κ2) is 9.41.